The van der Waals surface area contributed by atoms with Gasteiger partial charge in [-0.2, -0.15) is 0 Å². The molecule has 0 unspecified atom stereocenters. The molecular weight excluding hydrogens is 274 g/mol. The Bertz CT molecular complexity index is 436. The van der Waals surface area contributed by atoms with Crippen LogP contribution in [0, 0.1) is 5.41 Å². The van der Waals surface area contributed by atoms with Crippen LogP contribution >= 0.6 is 0 Å². The highest BCUT2D eigenvalue weighted by molar-refractivity contribution is 5.78. The number of nitrogens with zero attached hydrogens (tertiary/aromatic N) is 3. The number of hydrogen-bond donors (Lipinski definition) is 1. The molecule has 0 aromatic rings. The Morgan fingerprint density at radius 3 is 1.71 bits per heavy atom. The molecular formula is C14H23N3O4. The quantitative estimate of drug-likeness (QED) is 0.762. The first-order valence-electron chi connectivity index (χ1n) is 7.36. The molecule has 0 spiro atoms. The number of carboxylic acid groups (broad SMARTS) is 1. The van der Waals surface area contributed by atoms with Crippen LogP contribution in [0.4, 0.5) is 4.79 Å². The van der Waals surface area contributed by atoms with E-state index >= 15 is 0 Å². The number of carboxylic acids is 1. The van der Waals surface area contributed by atoms with E-state index in [2.05, 4.69) is 0 Å². The molecule has 2 fully saturated rings. The summed E-state index contributed by atoms with van der Waals surface area (Å²) < 4.78 is 0. The summed E-state index contributed by atoms with van der Waals surface area (Å²) >= 11 is 0. The zero-order valence-corrected chi connectivity index (χ0v) is 12.7. The summed E-state index contributed by atoms with van der Waals surface area (Å²) in [6, 6.07) is -0.0364. The smallest absolute Gasteiger partial charge is 0.320 e. The second kappa shape index (κ2) is 5.91. The molecule has 1 N–H and O–H groups in total. The van der Waals surface area contributed by atoms with Crippen molar-refractivity contribution in [3.63, 3.8) is 0 Å². The Kier molecular flexibility index (Phi) is 4.39. The van der Waals surface area contributed by atoms with Crippen molar-refractivity contribution in [2.45, 2.75) is 26.7 Å². The van der Waals surface area contributed by atoms with Gasteiger partial charge < -0.3 is 19.8 Å². The SMILES string of the molecule is CC(=O)N1CCN(C(=O)N2CCC(C)(C(=O)O)CC2)CC1. The molecule has 2 rings (SSSR count). The number of piperidine rings is 1. The van der Waals surface area contributed by atoms with Crippen molar-refractivity contribution in [2.24, 2.45) is 5.41 Å². The number of urea groups is 1. The summed E-state index contributed by atoms with van der Waals surface area (Å²) in [5.41, 5.74) is -0.718. The molecule has 0 aliphatic carbocycles. The number of carbonyl (C=O) groups excluding carboxylic acids is 2. The van der Waals surface area contributed by atoms with Crippen LogP contribution in [0.1, 0.15) is 26.7 Å². The van der Waals surface area contributed by atoms with Gasteiger partial charge >= 0.3 is 12.0 Å². The molecule has 2 saturated heterocycles. The average Bonchev–Trinajstić information content (AvgIpc) is 2.47. The van der Waals surface area contributed by atoms with Gasteiger partial charge in [-0.3, -0.25) is 9.59 Å². The van der Waals surface area contributed by atoms with Gasteiger partial charge in [0, 0.05) is 46.2 Å². The maximum absolute atomic E-state index is 12.4. The lowest BCUT2D eigenvalue weighted by Crippen LogP contribution is -2.55. The Hall–Kier alpha value is -1.79. The van der Waals surface area contributed by atoms with Gasteiger partial charge in [0.25, 0.3) is 0 Å². The highest BCUT2D eigenvalue weighted by Crippen LogP contribution is 2.31. The summed E-state index contributed by atoms with van der Waals surface area (Å²) in [6.07, 6.45) is 0.975. The topological polar surface area (TPSA) is 81.2 Å². The molecule has 0 aromatic carbocycles. The molecule has 3 amide bonds. The Balaban J connectivity index is 1.86. The number of amides is 3. The summed E-state index contributed by atoms with van der Waals surface area (Å²) in [5.74, 6) is -0.748. The highest BCUT2D eigenvalue weighted by Gasteiger charge is 2.39. The Morgan fingerprint density at radius 1 is 0.857 bits per heavy atom. The van der Waals surface area contributed by atoms with E-state index in [1.165, 1.54) is 6.92 Å². The summed E-state index contributed by atoms with van der Waals surface area (Å²) in [6.45, 7) is 6.47. The van der Waals surface area contributed by atoms with E-state index < -0.39 is 11.4 Å². The first-order chi connectivity index (χ1) is 9.83. The predicted molar refractivity (Wildman–Crippen MR) is 75.8 cm³/mol. The number of rotatable bonds is 1. The van der Waals surface area contributed by atoms with E-state index in [1.54, 1.807) is 21.6 Å². The van der Waals surface area contributed by atoms with E-state index in [0.717, 1.165) is 0 Å². The Labute approximate surface area is 124 Å². The molecule has 7 nitrogen and oxygen atoms in total. The van der Waals surface area contributed by atoms with Crippen molar-refractivity contribution >= 4 is 17.9 Å². The number of likely N-dealkylation sites (tertiary alicyclic amines) is 1. The van der Waals surface area contributed by atoms with Crippen molar-refractivity contribution in [2.75, 3.05) is 39.3 Å². The summed E-state index contributed by atoms with van der Waals surface area (Å²) in [4.78, 5) is 40.1. The second-order valence-corrected chi connectivity index (χ2v) is 6.13. The first-order valence-corrected chi connectivity index (χ1v) is 7.36. The van der Waals surface area contributed by atoms with Gasteiger partial charge in [-0.15, -0.1) is 0 Å². The standard InChI is InChI=1S/C14H23N3O4/c1-11(18)15-7-9-17(10-8-15)13(21)16-5-3-14(2,4-6-16)12(19)20/h3-10H2,1-2H3,(H,19,20). The largest absolute Gasteiger partial charge is 0.481 e. The minimum Gasteiger partial charge on any atom is -0.481 e. The molecule has 0 radical (unpaired) electrons. The third-order valence-corrected chi connectivity index (χ3v) is 4.65. The number of hydrogen-bond acceptors (Lipinski definition) is 3. The molecule has 118 valence electrons. The zero-order valence-electron chi connectivity index (χ0n) is 12.7. The lowest BCUT2D eigenvalue weighted by molar-refractivity contribution is -0.150. The van der Waals surface area contributed by atoms with E-state index in [1.807, 2.05) is 0 Å². The number of piperazine rings is 1. The summed E-state index contributed by atoms with van der Waals surface area (Å²) in [5, 5.41) is 9.20. The van der Waals surface area contributed by atoms with Gasteiger partial charge in [-0.25, -0.2) is 4.79 Å². The van der Waals surface area contributed by atoms with Gasteiger partial charge in [0.15, 0.2) is 0 Å². The van der Waals surface area contributed by atoms with Gasteiger partial charge in [0.1, 0.15) is 0 Å². The van der Waals surface area contributed by atoms with Crippen LogP contribution in [-0.2, 0) is 9.59 Å². The molecule has 2 heterocycles. The van der Waals surface area contributed by atoms with Crippen LogP contribution in [0.5, 0.6) is 0 Å². The van der Waals surface area contributed by atoms with Crippen LogP contribution in [0.15, 0.2) is 0 Å². The van der Waals surface area contributed by atoms with Crippen LogP contribution in [0.25, 0.3) is 0 Å². The number of carbonyl (C=O) groups is 3. The molecule has 0 aromatic heterocycles. The molecule has 21 heavy (non-hydrogen) atoms. The van der Waals surface area contributed by atoms with E-state index in [0.29, 0.717) is 52.1 Å². The Morgan fingerprint density at radius 2 is 1.29 bits per heavy atom. The monoisotopic (exact) mass is 297 g/mol. The molecule has 2 aliphatic rings. The minimum atomic E-state index is -0.787. The van der Waals surface area contributed by atoms with Crippen LogP contribution in [-0.4, -0.2) is 77.0 Å². The molecule has 0 bridgehead atoms. The van der Waals surface area contributed by atoms with Crippen LogP contribution in [0.3, 0.4) is 0 Å². The normalized spacial score (nSPS) is 22.1. The predicted octanol–water partition coefficient (Wildman–Crippen LogP) is 0.457. The number of aliphatic carboxylic acids is 1. The maximum atomic E-state index is 12.4. The third-order valence-electron chi connectivity index (χ3n) is 4.65. The van der Waals surface area contributed by atoms with Gasteiger partial charge in [-0.05, 0) is 19.8 Å². The first kappa shape index (κ1) is 15.6. The maximum Gasteiger partial charge on any atom is 0.320 e. The average molecular weight is 297 g/mol. The van der Waals surface area contributed by atoms with Crippen molar-refractivity contribution in [1.82, 2.24) is 14.7 Å². The lowest BCUT2D eigenvalue weighted by atomic mass is 9.80. The van der Waals surface area contributed by atoms with Crippen molar-refractivity contribution < 1.29 is 19.5 Å². The fourth-order valence-corrected chi connectivity index (χ4v) is 2.82. The third kappa shape index (κ3) is 3.28. The molecule has 7 heteroatoms. The highest BCUT2D eigenvalue weighted by atomic mass is 16.4. The molecule has 2 aliphatic heterocycles. The summed E-state index contributed by atoms with van der Waals surface area (Å²) in [7, 11) is 0. The van der Waals surface area contributed by atoms with Gasteiger partial charge in [0.05, 0.1) is 5.41 Å². The van der Waals surface area contributed by atoms with E-state index in [-0.39, 0.29) is 11.9 Å². The zero-order chi connectivity index (χ0) is 15.6. The fraction of sp³-hybridized carbons (Fsp3) is 0.786. The van der Waals surface area contributed by atoms with Crippen molar-refractivity contribution in [1.29, 1.82) is 0 Å². The van der Waals surface area contributed by atoms with Crippen molar-refractivity contribution in [3.05, 3.63) is 0 Å². The van der Waals surface area contributed by atoms with Gasteiger partial charge in [-0.1, -0.05) is 0 Å². The van der Waals surface area contributed by atoms with Crippen LogP contribution in [0.2, 0.25) is 0 Å². The van der Waals surface area contributed by atoms with E-state index in [4.69, 9.17) is 0 Å². The van der Waals surface area contributed by atoms with E-state index in [9.17, 15) is 19.5 Å². The second-order valence-electron chi connectivity index (χ2n) is 6.13. The van der Waals surface area contributed by atoms with Gasteiger partial charge in [0.2, 0.25) is 5.91 Å². The molecule has 0 atom stereocenters. The minimum absolute atomic E-state index is 0.0364. The molecule has 0 saturated carbocycles. The lowest BCUT2D eigenvalue weighted by Gasteiger charge is -2.41. The fourth-order valence-electron chi connectivity index (χ4n) is 2.82. The van der Waals surface area contributed by atoms with Crippen molar-refractivity contribution in [3.8, 4) is 0 Å². The van der Waals surface area contributed by atoms with Crippen LogP contribution < -0.4 is 0 Å².